The van der Waals surface area contributed by atoms with Gasteiger partial charge in [0.05, 0.1) is 17.8 Å². The molecule has 1 aromatic carbocycles. The Balaban J connectivity index is 1.85. The maximum atomic E-state index is 13.0. The lowest BCUT2D eigenvalue weighted by Gasteiger charge is -2.15. The lowest BCUT2D eigenvalue weighted by atomic mass is 10.2. The van der Waals surface area contributed by atoms with Crippen molar-refractivity contribution in [3.05, 3.63) is 98.0 Å². The monoisotopic (exact) mass is 414 g/mol. The molecule has 0 unspecified atom stereocenters. The Bertz CT molecular complexity index is 1270. The van der Waals surface area contributed by atoms with E-state index in [4.69, 9.17) is 11.6 Å². The average Bonchev–Trinajstić information content (AvgIpc) is 2.70. The molecule has 0 saturated carbocycles. The van der Waals surface area contributed by atoms with Crippen LogP contribution in [0, 0.1) is 0 Å². The second-order valence-corrected chi connectivity index (χ2v) is 6.68. The number of pyridine rings is 2. The number of hydrogen-bond acceptors (Lipinski definition) is 4. The highest BCUT2D eigenvalue weighted by atomic mass is 35.5. The van der Waals surface area contributed by atoms with Crippen molar-refractivity contribution in [3.8, 4) is 17.1 Å². The second kappa shape index (κ2) is 7.56. The minimum Gasteiger partial charge on any atom is -0.328 e. The Morgan fingerprint density at radius 3 is 2.62 bits per heavy atom. The number of fused-ring (bicyclic) bond motifs is 1. The predicted molar refractivity (Wildman–Crippen MR) is 104 cm³/mol. The van der Waals surface area contributed by atoms with Crippen molar-refractivity contribution < 1.29 is 8.78 Å². The third-order valence-electron chi connectivity index (χ3n) is 4.39. The molecule has 4 rings (SSSR count). The number of hydrogen-bond donors (Lipinski definition) is 0. The Morgan fingerprint density at radius 2 is 1.90 bits per heavy atom. The Kier molecular flexibility index (Phi) is 4.94. The van der Waals surface area contributed by atoms with Gasteiger partial charge < -0.3 is 4.57 Å². The van der Waals surface area contributed by atoms with Crippen LogP contribution in [0.15, 0.2) is 70.5 Å². The first kappa shape index (κ1) is 18.9. The van der Waals surface area contributed by atoms with Gasteiger partial charge in [-0.25, -0.2) is 23.1 Å². The van der Waals surface area contributed by atoms with Crippen molar-refractivity contribution in [2.75, 3.05) is 0 Å². The molecule has 29 heavy (non-hydrogen) atoms. The lowest BCUT2D eigenvalue weighted by molar-refractivity contribution is 0.151. The van der Waals surface area contributed by atoms with Gasteiger partial charge in [0.1, 0.15) is 5.15 Å². The fraction of sp³-hybridized carbons (Fsp3) is 0.100. The molecule has 2 aromatic rings. The summed E-state index contributed by atoms with van der Waals surface area (Å²) in [5.74, 6) is 0.193. The van der Waals surface area contributed by atoms with Gasteiger partial charge in [-0.1, -0.05) is 29.8 Å². The molecular weight excluding hydrogens is 402 g/mol. The van der Waals surface area contributed by atoms with Gasteiger partial charge in [-0.15, -0.1) is 0 Å². The maximum Gasteiger partial charge on any atom is 0.357 e. The molecule has 3 heterocycles. The summed E-state index contributed by atoms with van der Waals surface area (Å²) < 4.78 is 28.4. The number of aromatic nitrogens is 4. The Morgan fingerprint density at radius 1 is 1.07 bits per heavy atom. The van der Waals surface area contributed by atoms with Gasteiger partial charge in [0.15, 0.2) is 5.82 Å². The van der Waals surface area contributed by atoms with Gasteiger partial charge in [-0.3, -0.25) is 4.79 Å². The Labute approximate surface area is 168 Å². The highest BCUT2D eigenvalue weighted by molar-refractivity contribution is 6.29. The zero-order valence-corrected chi connectivity index (χ0v) is 15.6. The highest BCUT2D eigenvalue weighted by Gasteiger charge is 2.19. The van der Waals surface area contributed by atoms with Crippen LogP contribution in [0.4, 0.5) is 8.78 Å². The summed E-state index contributed by atoms with van der Waals surface area (Å²) in [6.07, 6.45) is 0.554. The first-order valence-corrected chi connectivity index (χ1v) is 8.93. The molecule has 2 aliphatic heterocycles. The van der Waals surface area contributed by atoms with E-state index in [9.17, 15) is 18.4 Å². The molecule has 0 bridgehead atoms. The predicted octanol–water partition coefficient (Wildman–Crippen LogP) is 3.53. The van der Waals surface area contributed by atoms with E-state index in [0.717, 1.165) is 16.2 Å². The number of halogens is 3. The second-order valence-electron chi connectivity index (χ2n) is 6.29. The van der Waals surface area contributed by atoms with E-state index in [0.29, 0.717) is 11.7 Å². The largest absolute Gasteiger partial charge is 0.357 e. The molecule has 0 spiro atoms. The van der Waals surface area contributed by atoms with Gasteiger partial charge in [0.2, 0.25) is 0 Å². The van der Waals surface area contributed by atoms with E-state index < -0.39 is 17.7 Å². The standard InChI is InChI=1S/C20H13ClF2N4O2/c21-16-7-6-12(10-24-16)11-26-8-2-5-15-18(26)25-20(29)27(19(15)28)14-4-1-3-13(9-14)17(22)23/h1-10,17H,11H2. The molecule has 2 aliphatic rings. The molecule has 0 radical (unpaired) electrons. The van der Waals surface area contributed by atoms with Crippen molar-refractivity contribution in [3.63, 3.8) is 0 Å². The smallest absolute Gasteiger partial charge is 0.328 e. The first-order valence-electron chi connectivity index (χ1n) is 8.55. The first-order chi connectivity index (χ1) is 13.9. The van der Waals surface area contributed by atoms with Crippen molar-refractivity contribution >= 4 is 11.6 Å². The van der Waals surface area contributed by atoms with Crippen LogP contribution < -0.4 is 11.2 Å². The van der Waals surface area contributed by atoms with E-state index in [1.165, 1.54) is 24.3 Å². The van der Waals surface area contributed by atoms with Crippen molar-refractivity contribution in [1.82, 2.24) is 19.1 Å². The molecule has 0 aliphatic carbocycles. The molecule has 9 heteroatoms. The fourth-order valence-corrected chi connectivity index (χ4v) is 3.15. The number of rotatable bonds is 4. The van der Waals surface area contributed by atoms with Crippen LogP contribution in [0.1, 0.15) is 17.6 Å². The summed E-state index contributed by atoms with van der Waals surface area (Å²) in [7, 11) is 0. The molecule has 0 fully saturated rings. The van der Waals surface area contributed by atoms with Crippen molar-refractivity contribution in [2.45, 2.75) is 13.0 Å². The average molecular weight is 415 g/mol. The van der Waals surface area contributed by atoms with E-state index in [-0.39, 0.29) is 22.6 Å². The van der Waals surface area contributed by atoms with E-state index in [1.54, 1.807) is 35.2 Å². The molecule has 0 saturated heterocycles. The SMILES string of the molecule is O=c1nc2n(Cc3ccc(Cl)nc3)cccc-2c(=O)n1-c1cccc(C(F)F)c1. The van der Waals surface area contributed by atoms with Crippen LogP contribution in [0.3, 0.4) is 0 Å². The van der Waals surface area contributed by atoms with E-state index in [2.05, 4.69) is 9.97 Å². The van der Waals surface area contributed by atoms with Crippen LogP contribution in [0.2, 0.25) is 5.15 Å². The summed E-state index contributed by atoms with van der Waals surface area (Å²) in [4.78, 5) is 33.6. The Hall–Kier alpha value is -3.39. The minimum absolute atomic E-state index is 0.0458. The zero-order valence-electron chi connectivity index (χ0n) is 14.8. The summed E-state index contributed by atoms with van der Waals surface area (Å²) in [6, 6.07) is 11.7. The molecule has 146 valence electrons. The number of alkyl halides is 2. The van der Waals surface area contributed by atoms with Crippen molar-refractivity contribution in [1.29, 1.82) is 0 Å². The van der Waals surface area contributed by atoms with Crippen molar-refractivity contribution in [2.24, 2.45) is 0 Å². The number of nitrogens with zero attached hydrogens (tertiary/aromatic N) is 4. The van der Waals surface area contributed by atoms with Crippen LogP contribution in [0.5, 0.6) is 0 Å². The molecule has 0 amide bonds. The summed E-state index contributed by atoms with van der Waals surface area (Å²) in [5, 5.41) is 0.352. The molecule has 6 nitrogen and oxygen atoms in total. The molecule has 0 atom stereocenters. The maximum absolute atomic E-state index is 13.0. The van der Waals surface area contributed by atoms with Crippen LogP contribution in [0.25, 0.3) is 17.1 Å². The van der Waals surface area contributed by atoms with Gasteiger partial charge in [-0.2, -0.15) is 4.98 Å². The third-order valence-corrected chi connectivity index (χ3v) is 4.61. The zero-order chi connectivity index (χ0) is 20.5. The summed E-state index contributed by atoms with van der Waals surface area (Å²) >= 11 is 5.79. The molecular formula is C20H13ClF2N4O2. The van der Waals surface area contributed by atoms with E-state index in [1.807, 2.05) is 0 Å². The van der Waals surface area contributed by atoms with Gasteiger partial charge in [0, 0.05) is 18.0 Å². The quantitative estimate of drug-likeness (QED) is 0.479. The third kappa shape index (κ3) is 3.66. The van der Waals surface area contributed by atoms with Crippen LogP contribution in [-0.2, 0) is 6.54 Å². The van der Waals surface area contributed by atoms with Crippen LogP contribution in [-0.4, -0.2) is 19.1 Å². The molecule has 0 N–H and O–H groups in total. The summed E-state index contributed by atoms with van der Waals surface area (Å²) in [6.45, 7) is 0.318. The van der Waals surface area contributed by atoms with Gasteiger partial charge in [-0.05, 0) is 35.9 Å². The topological polar surface area (TPSA) is 69.8 Å². The fourth-order valence-electron chi connectivity index (χ4n) is 3.03. The highest BCUT2D eigenvalue weighted by Crippen LogP contribution is 2.21. The summed E-state index contributed by atoms with van der Waals surface area (Å²) in [5.41, 5.74) is -0.721. The lowest BCUT2D eigenvalue weighted by Crippen LogP contribution is -2.36. The minimum atomic E-state index is -2.72. The van der Waals surface area contributed by atoms with Gasteiger partial charge in [0.25, 0.3) is 12.0 Å². The number of benzene rings is 1. The van der Waals surface area contributed by atoms with Crippen LogP contribution >= 0.6 is 11.6 Å². The van der Waals surface area contributed by atoms with Gasteiger partial charge >= 0.3 is 5.69 Å². The normalized spacial score (nSPS) is 11.3. The molecule has 1 aromatic heterocycles. The van der Waals surface area contributed by atoms with E-state index >= 15 is 0 Å².